The van der Waals surface area contributed by atoms with E-state index in [0.29, 0.717) is 11.1 Å². The summed E-state index contributed by atoms with van der Waals surface area (Å²) >= 11 is 5.86. The Morgan fingerprint density at radius 2 is 1.90 bits per heavy atom. The van der Waals surface area contributed by atoms with Crippen molar-refractivity contribution in [3.63, 3.8) is 0 Å². The topological polar surface area (TPSA) is 87.3 Å². The summed E-state index contributed by atoms with van der Waals surface area (Å²) in [5.74, 6) is -0.330. The van der Waals surface area contributed by atoms with Crippen LogP contribution in [0.3, 0.4) is 0 Å². The van der Waals surface area contributed by atoms with Crippen molar-refractivity contribution in [2.45, 2.75) is 6.29 Å². The lowest BCUT2D eigenvalue weighted by atomic mass is 10.1. The molecular weight excluding hydrogens is 282 g/mol. The van der Waals surface area contributed by atoms with Crippen LogP contribution in [0.1, 0.15) is 22.2 Å². The number of hydrogen-bond donors (Lipinski definition) is 1. The zero-order valence-electron chi connectivity index (χ0n) is 10.6. The summed E-state index contributed by atoms with van der Waals surface area (Å²) in [5, 5.41) is 0.142. The summed E-state index contributed by atoms with van der Waals surface area (Å²) in [7, 11) is 1.48. The lowest BCUT2D eigenvalue weighted by Crippen LogP contribution is -2.13. The number of benzene rings is 1. The van der Waals surface area contributed by atoms with Crippen LogP contribution in [0.25, 0.3) is 0 Å². The van der Waals surface area contributed by atoms with Crippen LogP contribution < -0.4 is 10.5 Å². The van der Waals surface area contributed by atoms with E-state index >= 15 is 0 Å². The largest absolute Gasteiger partial charge is 0.441 e. The van der Waals surface area contributed by atoms with Crippen LogP contribution in [0.5, 0.6) is 5.88 Å². The lowest BCUT2D eigenvalue weighted by Gasteiger charge is -2.17. The quantitative estimate of drug-likeness (QED) is 0.851. The highest BCUT2D eigenvalue weighted by Gasteiger charge is 2.16. The van der Waals surface area contributed by atoms with E-state index in [1.54, 1.807) is 24.3 Å². The molecule has 20 heavy (non-hydrogen) atoms. The Labute approximate surface area is 120 Å². The molecule has 0 saturated heterocycles. The van der Waals surface area contributed by atoms with Crippen molar-refractivity contribution in [3.05, 3.63) is 52.9 Å². The maximum absolute atomic E-state index is 11.0. The summed E-state index contributed by atoms with van der Waals surface area (Å²) in [6.07, 6.45) is 2.20. The third kappa shape index (κ3) is 3.23. The van der Waals surface area contributed by atoms with Gasteiger partial charge in [-0.05, 0) is 12.1 Å². The van der Waals surface area contributed by atoms with Gasteiger partial charge in [0.25, 0.3) is 5.88 Å². The molecule has 0 radical (unpaired) electrons. The second-order valence-electron chi connectivity index (χ2n) is 3.82. The van der Waals surface area contributed by atoms with E-state index in [1.807, 2.05) is 0 Å². The number of amides is 1. The maximum atomic E-state index is 11.0. The molecule has 1 aromatic heterocycles. The highest BCUT2D eigenvalue weighted by Crippen LogP contribution is 2.25. The van der Waals surface area contributed by atoms with Gasteiger partial charge in [0.1, 0.15) is 0 Å². The fourth-order valence-corrected chi connectivity index (χ4v) is 1.70. The summed E-state index contributed by atoms with van der Waals surface area (Å²) in [4.78, 5) is 18.8. The predicted molar refractivity (Wildman–Crippen MR) is 72.4 cm³/mol. The van der Waals surface area contributed by atoms with E-state index in [9.17, 15) is 4.79 Å². The number of halogens is 1. The third-order valence-corrected chi connectivity index (χ3v) is 2.78. The molecule has 6 nitrogen and oxygen atoms in total. The van der Waals surface area contributed by atoms with Crippen LogP contribution in [0, 0.1) is 0 Å². The standard InChI is InChI=1S/C13H12ClN3O3/c1-19-13(20-12-10(14)16-6-7-17-12)9-4-2-8(3-5-9)11(15)18/h2-7,13H,1H3,(H2,15,18). The molecule has 7 heteroatoms. The number of aromatic nitrogens is 2. The number of carbonyl (C=O) groups is 1. The minimum Gasteiger partial charge on any atom is -0.441 e. The SMILES string of the molecule is COC(Oc1nccnc1Cl)c1ccc(C(N)=O)cc1. The predicted octanol–water partition coefficient (Wildman–Crippen LogP) is 1.95. The molecule has 0 bridgehead atoms. The smallest absolute Gasteiger partial charge is 0.254 e. The van der Waals surface area contributed by atoms with Crippen LogP contribution in [0.15, 0.2) is 36.7 Å². The fraction of sp³-hybridized carbons (Fsp3) is 0.154. The molecule has 0 aliphatic carbocycles. The molecule has 1 aromatic carbocycles. The van der Waals surface area contributed by atoms with Crippen LogP contribution >= 0.6 is 11.6 Å². The molecule has 0 spiro atoms. The molecule has 2 aromatic rings. The Kier molecular flexibility index (Phi) is 4.49. The second-order valence-corrected chi connectivity index (χ2v) is 4.18. The van der Waals surface area contributed by atoms with E-state index in [1.165, 1.54) is 19.5 Å². The molecule has 104 valence electrons. The van der Waals surface area contributed by atoms with E-state index in [4.69, 9.17) is 26.8 Å². The van der Waals surface area contributed by atoms with Gasteiger partial charge in [-0.1, -0.05) is 23.7 Å². The molecule has 0 saturated carbocycles. The third-order valence-electron chi connectivity index (χ3n) is 2.52. The Bertz CT molecular complexity index is 604. The van der Waals surface area contributed by atoms with Gasteiger partial charge in [0.2, 0.25) is 12.2 Å². The first-order valence-electron chi connectivity index (χ1n) is 5.67. The second kappa shape index (κ2) is 6.31. The van der Waals surface area contributed by atoms with Gasteiger partial charge in [-0.15, -0.1) is 0 Å². The summed E-state index contributed by atoms with van der Waals surface area (Å²) in [6, 6.07) is 6.54. The number of rotatable bonds is 5. The zero-order chi connectivity index (χ0) is 14.5. The minimum absolute atomic E-state index is 0.142. The highest BCUT2D eigenvalue weighted by atomic mass is 35.5. The monoisotopic (exact) mass is 293 g/mol. The van der Waals surface area contributed by atoms with Crippen molar-refractivity contribution in [1.82, 2.24) is 9.97 Å². The van der Waals surface area contributed by atoms with Gasteiger partial charge < -0.3 is 15.2 Å². The van der Waals surface area contributed by atoms with Gasteiger partial charge in [-0.2, -0.15) is 0 Å². The van der Waals surface area contributed by atoms with Crippen molar-refractivity contribution in [1.29, 1.82) is 0 Å². The number of nitrogens with two attached hydrogens (primary N) is 1. The summed E-state index contributed by atoms with van der Waals surface area (Å²) in [6.45, 7) is 0. The maximum Gasteiger partial charge on any atom is 0.254 e. The van der Waals surface area contributed by atoms with Crippen molar-refractivity contribution < 1.29 is 14.3 Å². The van der Waals surface area contributed by atoms with Gasteiger partial charge in [-0.3, -0.25) is 4.79 Å². The van der Waals surface area contributed by atoms with Gasteiger partial charge in [0.15, 0.2) is 5.15 Å². The van der Waals surface area contributed by atoms with E-state index in [-0.39, 0.29) is 11.0 Å². The Hall–Kier alpha value is -2.18. The average molecular weight is 294 g/mol. The molecular formula is C13H12ClN3O3. The lowest BCUT2D eigenvalue weighted by molar-refractivity contribution is -0.0590. The molecule has 0 aliphatic heterocycles. The number of carbonyl (C=O) groups excluding carboxylic acids is 1. The zero-order valence-corrected chi connectivity index (χ0v) is 11.4. The molecule has 1 heterocycles. The van der Waals surface area contributed by atoms with Crippen LogP contribution in [0.2, 0.25) is 5.15 Å². The number of hydrogen-bond acceptors (Lipinski definition) is 5. The van der Waals surface area contributed by atoms with Crippen molar-refractivity contribution >= 4 is 17.5 Å². The first kappa shape index (κ1) is 14.2. The Morgan fingerprint density at radius 1 is 1.25 bits per heavy atom. The molecule has 1 atom stereocenters. The Morgan fingerprint density at radius 3 is 2.45 bits per heavy atom. The average Bonchev–Trinajstić information content (AvgIpc) is 2.46. The van der Waals surface area contributed by atoms with Crippen molar-refractivity contribution in [2.24, 2.45) is 5.73 Å². The van der Waals surface area contributed by atoms with E-state index < -0.39 is 12.2 Å². The summed E-state index contributed by atoms with van der Waals surface area (Å²) < 4.78 is 10.8. The number of methoxy groups -OCH3 is 1. The van der Waals surface area contributed by atoms with Crippen LogP contribution in [-0.2, 0) is 4.74 Å². The normalized spacial score (nSPS) is 11.9. The fourth-order valence-electron chi connectivity index (χ4n) is 1.55. The molecule has 2 N–H and O–H groups in total. The molecule has 0 aliphatic rings. The number of nitrogens with zero attached hydrogens (tertiary/aromatic N) is 2. The first-order valence-corrected chi connectivity index (χ1v) is 6.05. The van der Waals surface area contributed by atoms with Crippen molar-refractivity contribution in [3.8, 4) is 5.88 Å². The molecule has 0 fully saturated rings. The van der Waals surface area contributed by atoms with Gasteiger partial charge in [-0.25, -0.2) is 9.97 Å². The van der Waals surface area contributed by atoms with Crippen LogP contribution in [0.4, 0.5) is 0 Å². The minimum atomic E-state index is -0.717. The van der Waals surface area contributed by atoms with Gasteiger partial charge in [0, 0.05) is 30.6 Å². The highest BCUT2D eigenvalue weighted by molar-refractivity contribution is 6.30. The number of primary amides is 1. The van der Waals surface area contributed by atoms with Crippen molar-refractivity contribution in [2.75, 3.05) is 7.11 Å². The van der Waals surface area contributed by atoms with E-state index in [0.717, 1.165) is 0 Å². The molecule has 1 amide bonds. The first-order chi connectivity index (χ1) is 9.61. The molecule has 2 rings (SSSR count). The van der Waals surface area contributed by atoms with E-state index in [2.05, 4.69) is 9.97 Å². The van der Waals surface area contributed by atoms with Gasteiger partial charge >= 0.3 is 0 Å². The van der Waals surface area contributed by atoms with Gasteiger partial charge in [0.05, 0.1) is 0 Å². The summed E-state index contributed by atoms with van der Waals surface area (Å²) in [5.41, 5.74) is 6.28. The molecule has 1 unspecified atom stereocenters. The Balaban J connectivity index is 2.20. The van der Waals surface area contributed by atoms with Crippen LogP contribution in [-0.4, -0.2) is 23.0 Å². The number of ether oxygens (including phenoxy) is 2.